The highest BCUT2D eigenvalue weighted by Gasteiger charge is 2.37. The van der Waals surface area contributed by atoms with Crippen molar-refractivity contribution in [2.24, 2.45) is 0 Å². The Morgan fingerprint density at radius 3 is 2.48 bits per heavy atom. The van der Waals surface area contributed by atoms with Crippen molar-refractivity contribution in [2.45, 2.75) is 13.5 Å². The topological polar surface area (TPSA) is 147 Å². The zero-order valence-corrected chi connectivity index (χ0v) is 22.4. The predicted molar refractivity (Wildman–Crippen MR) is 144 cm³/mol. The average Bonchev–Trinajstić information content (AvgIpc) is 3.40. The Morgan fingerprint density at radius 1 is 1.02 bits per heavy atom. The van der Waals surface area contributed by atoms with Gasteiger partial charge in [0.05, 0.1) is 17.2 Å². The summed E-state index contributed by atoms with van der Waals surface area (Å²) < 4.78 is 22.7. The molecule has 2 heterocycles. The van der Waals surface area contributed by atoms with Gasteiger partial charge in [0.1, 0.15) is 12.2 Å². The van der Waals surface area contributed by atoms with Crippen LogP contribution in [-0.2, 0) is 16.2 Å². The van der Waals surface area contributed by atoms with E-state index in [1.54, 1.807) is 37.3 Å². The number of hydrogen-bond donors (Lipinski definition) is 1. The third kappa shape index (κ3) is 5.31. The van der Waals surface area contributed by atoms with Crippen LogP contribution in [0.1, 0.15) is 18.1 Å². The third-order valence-electron chi connectivity index (χ3n) is 5.92. The van der Waals surface area contributed by atoms with Crippen molar-refractivity contribution in [3.05, 3.63) is 85.9 Å². The van der Waals surface area contributed by atoms with E-state index >= 15 is 0 Å². The van der Waals surface area contributed by atoms with Crippen molar-refractivity contribution < 1.29 is 38.3 Å². The molecule has 0 aliphatic carbocycles. The normalized spacial score (nSPS) is 15.3. The molecule has 1 fully saturated rings. The van der Waals surface area contributed by atoms with Crippen LogP contribution in [0.2, 0.25) is 0 Å². The fourth-order valence-electron chi connectivity index (χ4n) is 3.99. The van der Waals surface area contributed by atoms with Crippen molar-refractivity contribution >= 4 is 51.2 Å². The number of fused-ring (bicyclic) bond motifs is 1. The van der Waals surface area contributed by atoms with Crippen LogP contribution in [0.25, 0.3) is 6.08 Å². The Morgan fingerprint density at radius 2 is 1.75 bits per heavy atom. The fourth-order valence-corrected chi connectivity index (χ4v) is 4.43. The van der Waals surface area contributed by atoms with Crippen LogP contribution in [0.15, 0.2) is 64.6 Å². The Hall–Kier alpha value is -4.91. The second kappa shape index (κ2) is 11.1. The van der Waals surface area contributed by atoms with Crippen LogP contribution < -0.4 is 29.2 Å². The van der Waals surface area contributed by atoms with E-state index in [4.69, 9.17) is 18.9 Å². The Labute approximate surface area is 235 Å². The second-order valence-electron chi connectivity index (χ2n) is 8.46. The highest BCUT2D eigenvalue weighted by molar-refractivity contribution is 9.10. The number of imide groups is 2. The number of nitrogens with one attached hydrogen (secondary N) is 1. The summed E-state index contributed by atoms with van der Waals surface area (Å²) in [5, 5.41) is 13.1. The molecule has 204 valence electrons. The van der Waals surface area contributed by atoms with E-state index in [1.807, 2.05) is 0 Å². The van der Waals surface area contributed by atoms with Gasteiger partial charge in [-0.05, 0) is 60.5 Å². The third-order valence-corrected chi connectivity index (χ3v) is 6.61. The number of amides is 4. The maximum Gasteiger partial charge on any atom is 0.335 e. The van der Waals surface area contributed by atoms with Crippen LogP contribution in [0.4, 0.5) is 16.2 Å². The summed E-state index contributed by atoms with van der Waals surface area (Å²) in [4.78, 5) is 49.9. The first-order valence-corrected chi connectivity index (χ1v) is 12.7. The van der Waals surface area contributed by atoms with Gasteiger partial charge in [0.25, 0.3) is 17.5 Å². The number of nitro benzene ring substituents is 1. The van der Waals surface area contributed by atoms with Crippen molar-refractivity contribution in [1.82, 2.24) is 5.32 Å². The molecule has 0 atom stereocenters. The molecule has 1 N–H and O–H groups in total. The molecule has 2 aliphatic rings. The maximum atomic E-state index is 13.4. The van der Waals surface area contributed by atoms with Crippen molar-refractivity contribution in [3.63, 3.8) is 0 Å². The van der Waals surface area contributed by atoms with E-state index < -0.39 is 22.8 Å². The SMILES string of the molecule is CCOc1cc(/C=C2\C(=O)NC(=O)N(c3ccc4c(c3)OCO4)C2=O)c(Br)cc1OCc1ccc([N+](=O)[O-])cc1. The number of nitro groups is 1. The number of halogens is 1. The van der Waals surface area contributed by atoms with Gasteiger partial charge in [0.2, 0.25) is 6.79 Å². The summed E-state index contributed by atoms with van der Waals surface area (Å²) in [6.45, 7) is 2.22. The van der Waals surface area contributed by atoms with Gasteiger partial charge >= 0.3 is 6.03 Å². The molecule has 13 heteroatoms. The maximum absolute atomic E-state index is 13.4. The largest absolute Gasteiger partial charge is 0.490 e. The number of non-ortho nitro benzene ring substituents is 1. The van der Waals surface area contributed by atoms with Crippen LogP contribution in [0.5, 0.6) is 23.0 Å². The number of nitrogens with zero attached hydrogens (tertiary/aromatic N) is 2. The number of carbonyl (C=O) groups is 3. The Bertz CT molecular complexity index is 1570. The molecule has 0 spiro atoms. The molecule has 3 aromatic carbocycles. The first kappa shape index (κ1) is 26.7. The average molecular weight is 610 g/mol. The molecule has 0 unspecified atom stereocenters. The van der Waals surface area contributed by atoms with E-state index in [0.717, 1.165) is 4.90 Å². The molecule has 2 aliphatic heterocycles. The lowest BCUT2D eigenvalue weighted by Gasteiger charge is -2.26. The van der Waals surface area contributed by atoms with Gasteiger partial charge in [0, 0.05) is 22.7 Å². The summed E-state index contributed by atoms with van der Waals surface area (Å²) in [6, 6.07) is 12.8. The minimum atomic E-state index is -0.893. The van der Waals surface area contributed by atoms with Gasteiger partial charge < -0.3 is 18.9 Å². The number of hydrogen-bond acceptors (Lipinski definition) is 9. The molecule has 3 aromatic rings. The minimum absolute atomic E-state index is 0.0202. The van der Waals surface area contributed by atoms with Gasteiger partial charge in [-0.3, -0.25) is 25.0 Å². The summed E-state index contributed by atoms with van der Waals surface area (Å²) in [6.07, 6.45) is 1.34. The molecule has 0 aromatic heterocycles. The van der Waals surface area contributed by atoms with Gasteiger partial charge in [-0.1, -0.05) is 15.9 Å². The lowest BCUT2D eigenvalue weighted by Crippen LogP contribution is -2.54. The van der Waals surface area contributed by atoms with Crippen LogP contribution in [-0.4, -0.2) is 36.2 Å². The van der Waals surface area contributed by atoms with E-state index in [-0.39, 0.29) is 30.3 Å². The second-order valence-corrected chi connectivity index (χ2v) is 9.32. The van der Waals surface area contributed by atoms with E-state index in [1.165, 1.54) is 30.3 Å². The molecular formula is C27H20BrN3O9. The zero-order valence-electron chi connectivity index (χ0n) is 20.8. The Balaban J connectivity index is 1.42. The lowest BCUT2D eigenvalue weighted by molar-refractivity contribution is -0.384. The monoisotopic (exact) mass is 609 g/mol. The number of ether oxygens (including phenoxy) is 4. The van der Waals surface area contributed by atoms with E-state index in [2.05, 4.69) is 21.2 Å². The number of urea groups is 1. The van der Waals surface area contributed by atoms with E-state index in [0.29, 0.717) is 45.2 Å². The quantitative estimate of drug-likeness (QED) is 0.166. The molecular weight excluding hydrogens is 590 g/mol. The van der Waals surface area contributed by atoms with Crippen LogP contribution in [0.3, 0.4) is 0 Å². The number of barbiturate groups is 1. The van der Waals surface area contributed by atoms with Crippen molar-refractivity contribution in [2.75, 3.05) is 18.3 Å². The highest BCUT2D eigenvalue weighted by Crippen LogP contribution is 2.38. The number of anilines is 1. The Kier molecular flexibility index (Phi) is 7.38. The molecule has 0 bridgehead atoms. The first-order chi connectivity index (χ1) is 19.2. The summed E-state index contributed by atoms with van der Waals surface area (Å²) in [5.74, 6) is -0.123. The summed E-state index contributed by atoms with van der Waals surface area (Å²) in [7, 11) is 0. The minimum Gasteiger partial charge on any atom is -0.490 e. The van der Waals surface area contributed by atoms with Gasteiger partial charge in [-0.25, -0.2) is 9.69 Å². The molecule has 1 saturated heterocycles. The summed E-state index contributed by atoms with van der Waals surface area (Å²) >= 11 is 3.45. The van der Waals surface area contributed by atoms with Crippen LogP contribution in [0, 0.1) is 10.1 Å². The van der Waals surface area contributed by atoms with E-state index in [9.17, 15) is 24.5 Å². The summed E-state index contributed by atoms with van der Waals surface area (Å²) in [5.41, 5.74) is 1.02. The van der Waals surface area contributed by atoms with Crippen LogP contribution >= 0.6 is 15.9 Å². The zero-order chi connectivity index (χ0) is 28.4. The fraction of sp³-hybridized carbons (Fsp3) is 0.148. The molecule has 4 amide bonds. The molecule has 5 rings (SSSR count). The molecule has 0 saturated carbocycles. The standard InChI is InChI=1S/C27H20BrN3O9/c1-2-37-22-10-16(20(28)12-24(22)38-13-15-3-5-17(6-4-15)31(35)36)9-19-25(32)29-27(34)30(26(19)33)18-7-8-21-23(11-18)40-14-39-21/h3-12H,2,13-14H2,1H3,(H,29,32,34)/b19-9+. The number of rotatable bonds is 8. The van der Waals surface area contributed by atoms with Gasteiger partial charge in [-0.2, -0.15) is 0 Å². The predicted octanol–water partition coefficient (Wildman–Crippen LogP) is 4.73. The smallest absolute Gasteiger partial charge is 0.335 e. The lowest BCUT2D eigenvalue weighted by atomic mass is 10.1. The first-order valence-electron chi connectivity index (χ1n) is 11.9. The number of benzene rings is 3. The molecule has 0 radical (unpaired) electrons. The highest BCUT2D eigenvalue weighted by atomic mass is 79.9. The molecule has 12 nitrogen and oxygen atoms in total. The van der Waals surface area contributed by atoms with Gasteiger partial charge in [-0.15, -0.1) is 0 Å². The van der Waals surface area contributed by atoms with Crippen molar-refractivity contribution in [3.8, 4) is 23.0 Å². The van der Waals surface area contributed by atoms with Gasteiger partial charge in [0.15, 0.2) is 23.0 Å². The molecule has 40 heavy (non-hydrogen) atoms. The number of carbonyl (C=O) groups excluding carboxylic acids is 3. The van der Waals surface area contributed by atoms with Crippen molar-refractivity contribution in [1.29, 1.82) is 0 Å².